The van der Waals surface area contributed by atoms with Gasteiger partial charge in [0.05, 0.1) is 10.5 Å². The molecule has 1 aliphatic heterocycles. The van der Waals surface area contributed by atoms with Gasteiger partial charge in [0.1, 0.15) is 0 Å². The number of amides is 1. The van der Waals surface area contributed by atoms with Crippen LogP contribution in [0.5, 0.6) is 0 Å². The molecule has 1 N–H and O–H groups in total. The Morgan fingerprint density at radius 3 is 2.45 bits per heavy atom. The van der Waals surface area contributed by atoms with Gasteiger partial charge in [-0.25, -0.2) is 8.42 Å². The van der Waals surface area contributed by atoms with Crippen LogP contribution in [0.25, 0.3) is 5.57 Å². The first-order chi connectivity index (χ1) is 10.5. The van der Waals surface area contributed by atoms with Crippen molar-refractivity contribution in [3.63, 3.8) is 0 Å². The van der Waals surface area contributed by atoms with Crippen molar-refractivity contribution in [3.8, 4) is 0 Å². The van der Waals surface area contributed by atoms with E-state index in [2.05, 4.69) is 21.2 Å². The zero-order chi connectivity index (χ0) is 15.7. The van der Waals surface area contributed by atoms with Crippen LogP contribution in [0.3, 0.4) is 0 Å². The van der Waals surface area contributed by atoms with Crippen molar-refractivity contribution in [1.82, 2.24) is 5.32 Å². The van der Waals surface area contributed by atoms with Crippen LogP contribution < -0.4 is 5.32 Å². The van der Waals surface area contributed by atoms with E-state index in [1.54, 1.807) is 18.2 Å². The quantitative estimate of drug-likeness (QED) is 0.894. The second-order valence-corrected chi connectivity index (χ2v) is 7.56. The Labute approximate surface area is 136 Å². The van der Waals surface area contributed by atoms with E-state index in [0.717, 1.165) is 15.4 Å². The third kappa shape index (κ3) is 2.84. The summed E-state index contributed by atoms with van der Waals surface area (Å²) in [5.74, 6) is -0.392. The lowest BCUT2D eigenvalue weighted by Crippen LogP contribution is -2.23. The van der Waals surface area contributed by atoms with E-state index in [4.69, 9.17) is 0 Å². The summed E-state index contributed by atoms with van der Waals surface area (Å²) in [6, 6.07) is 14.1. The number of hydrogen-bond acceptors (Lipinski definition) is 3. The molecule has 6 heteroatoms. The van der Waals surface area contributed by atoms with Crippen LogP contribution in [0.2, 0.25) is 0 Å². The third-order valence-corrected chi connectivity index (χ3v) is 5.41. The van der Waals surface area contributed by atoms with Crippen molar-refractivity contribution >= 4 is 37.2 Å². The Bertz CT molecular complexity index is 871. The molecule has 0 saturated carbocycles. The molecule has 0 spiro atoms. The molecule has 0 aromatic heterocycles. The van der Waals surface area contributed by atoms with Crippen LogP contribution in [-0.2, 0) is 21.2 Å². The minimum absolute atomic E-state index is 0.184. The zero-order valence-corrected chi connectivity index (χ0v) is 13.8. The number of rotatable bonds is 3. The van der Waals surface area contributed by atoms with Gasteiger partial charge in [0.15, 0.2) is 0 Å². The van der Waals surface area contributed by atoms with Gasteiger partial charge in [0.25, 0.3) is 5.91 Å². The lowest BCUT2D eigenvalue weighted by Gasteiger charge is -2.07. The van der Waals surface area contributed by atoms with Crippen LogP contribution >= 0.6 is 15.9 Å². The summed E-state index contributed by atoms with van der Waals surface area (Å²) in [5, 5.41) is 3.79. The van der Waals surface area contributed by atoms with Crippen molar-refractivity contribution < 1.29 is 13.2 Å². The van der Waals surface area contributed by atoms with Crippen molar-refractivity contribution in [2.75, 3.05) is 0 Å². The predicted molar refractivity (Wildman–Crippen MR) is 87.6 cm³/mol. The molecule has 2 aromatic rings. The van der Waals surface area contributed by atoms with E-state index in [9.17, 15) is 13.2 Å². The fourth-order valence-corrected chi connectivity index (χ4v) is 3.96. The first-order valence-electron chi connectivity index (χ1n) is 6.56. The number of halogens is 1. The largest absolute Gasteiger partial charge is 0.348 e. The fraction of sp³-hybridized carbons (Fsp3) is 0.0625. The maximum Gasteiger partial charge on any atom is 0.252 e. The van der Waals surface area contributed by atoms with Gasteiger partial charge in [-0.3, -0.25) is 4.79 Å². The molecule has 1 heterocycles. The molecule has 3 rings (SSSR count). The molecular formula is C16H12BrNO3S. The monoisotopic (exact) mass is 377 g/mol. The summed E-state index contributed by atoms with van der Waals surface area (Å²) < 4.78 is 25.0. The summed E-state index contributed by atoms with van der Waals surface area (Å²) in [7, 11) is -3.52. The average molecular weight is 378 g/mol. The maximum atomic E-state index is 12.3. The molecule has 22 heavy (non-hydrogen) atoms. The van der Waals surface area contributed by atoms with Gasteiger partial charge in [0.2, 0.25) is 9.84 Å². The highest BCUT2D eigenvalue weighted by Crippen LogP contribution is 2.33. The highest BCUT2D eigenvalue weighted by molar-refractivity contribution is 9.10. The number of benzene rings is 2. The molecule has 1 amide bonds. The van der Waals surface area contributed by atoms with E-state index >= 15 is 0 Å². The van der Waals surface area contributed by atoms with Crippen molar-refractivity contribution in [2.45, 2.75) is 11.4 Å². The van der Waals surface area contributed by atoms with Gasteiger partial charge in [-0.2, -0.15) is 0 Å². The smallest absolute Gasteiger partial charge is 0.252 e. The number of nitrogens with one attached hydrogen (secondary N) is 1. The van der Waals surface area contributed by atoms with E-state index in [1.807, 2.05) is 24.3 Å². The summed E-state index contributed by atoms with van der Waals surface area (Å²) in [6.07, 6.45) is 0. The van der Waals surface area contributed by atoms with Gasteiger partial charge in [-0.1, -0.05) is 46.3 Å². The summed E-state index contributed by atoms with van der Waals surface area (Å²) in [5.41, 5.74) is 1.58. The maximum absolute atomic E-state index is 12.3. The van der Waals surface area contributed by atoms with Crippen molar-refractivity contribution in [3.05, 3.63) is 69.5 Å². The van der Waals surface area contributed by atoms with Crippen molar-refractivity contribution in [1.29, 1.82) is 0 Å². The van der Waals surface area contributed by atoms with Gasteiger partial charge in [0, 0.05) is 22.0 Å². The highest BCUT2D eigenvalue weighted by Gasteiger charge is 2.29. The molecule has 0 aliphatic carbocycles. The van der Waals surface area contributed by atoms with Crippen LogP contribution in [-0.4, -0.2) is 14.3 Å². The molecule has 1 aliphatic rings. The normalized spacial score (nSPS) is 15.0. The second-order valence-electron chi connectivity index (χ2n) is 4.88. The Balaban J connectivity index is 1.80. The summed E-state index contributed by atoms with van der Waals surface area (Å²) in [6.45, 7) is 0.339. The molecule has 0 atom stereocenters. The Morgan fingerprint density at radius 1 is 1.05 bits per heavy atom. The molecule has 0 fully saturated rings. The zero-order valence-electron chi connectivity index (χ0n) is 11.4. The first-order valence-corrected chi connectivity index (χ1v) is 8.90. The third-order valence-electron chi connectivity index (χ3n) is 3.37. The van der Waals surface area contributed by atoms with Crippen molar-refractivity contribution in [2.24, 2.45) is 0 Å². The van der Waals surface area contributed by atoms with E-state index in [-0.39, 0.29) is 10.5 Å². The SMILES string of the molecule is O=C(NCc1ccc(Br)cc1)C1=CS(=O)(=O)c2ccccc21. The number of carbonyl (C=O) groups excluding carboxylic acids is 1. The first kappa shape index (κ1) is 15.0. The molecular weight excluding hydrogens is 366 g/mol. The highest BCUT2D eigenvalue weighted by atomic mass is 79.9. The minimum Gasteiger partial charge on any atom is -0.348 e. The van der Waals surface area contributed by atoms with E-state index < -0.39 is 15.7 Å². The number of carbonyl (C=O) groups is 1. The van der Waals surface area contributed by atoms with Crippen LogP contribution in [0.15, 0.2) is 63.3 Å². The lowest BCUT2D eigenvalue weighted by molar-refractivity contribution is -0.115. The number of sulfone groups is 1. The second kappa shape index (κ2) is 5.70. The molecule has 112 valence electrons. The van der Waals surface area contributed by atoms with Gasteiger partial charge < -0.3 is 5.32 Å². The molecule has 0 radical (unpaired) electrons. The Hall–Kier alpha value is -1.92. The topological polar surface area (TPSA) is 63.2 Å². The molecule has 2 aromatic carbocycles. The van der Waals surface area contributed by atoms with Crippen LogP contribution in [0.1, 0.15) is 11.1 Å². The number of fused-ring (bicyclic) bond motifs is 1. The lowest BCUT2D eigenvalue weighted by atomic mass is 10.1. The summed E-state index contributed by atoms with van der Waals surface area (Å²) in [4.78, 5) is 12.5. The summed E-state index contributed by atoms with van der Waals surface area (Å²) >= 11 is 3.35. The standard InChI is InChI=1S/C16H12BrNO3S/c17-12-7-5-11(6-8-12)9-18-16(19)14-10-22(20,21)15-4-2-1-3-13(14)15/h1-8,10H,9H2,(H,18,19). The predicted octanol–water partition coefficient (Wildman–Crippen LogP) is 2.89. The Morgan fingerprint density at radius 2 is 1.73 bits per heavy atom. The van der Waals surface area contributed by atoms with Crippen LogP contribution in [0.4, 0.5) is 0 Å². The van der Waals surface area contributed by atoms with Gasteiger partial charge in [-0.15, -0.1) is 0 Å². The van der Waals surface area contributed by atoms with E-state index in [1.165, 1.54) is 6.07 Å². The Kier molecular flexibility index (Phi) is 3.88. The average Bonchev–Trinajstić information content (AvgIpc) is 2.79. The van der Waals surface area contributed by atoms with Gasteiger partial charge in [-0.05, 0) is 23.8 Å². The minimum atomic E-state index is -3.52. The molecule has 0 saturated heterocycles. The van der Waals surface area contributed by atoms with E-state index in [0.29, 0.717) is 12.1 Å². The molecule has 4 nitrogen and oxygen atoms in total. The van der Waals surface area contributed by atoms with Crippen LogP contribution in [0, 0.1) is 0 Å². The molecule has 0 bridgehead atoms. The fourth-order valence-electron chi connectivity index (χ4n) is 2.28. The molecule has 0 unspecified atom stereocenters. The van der Waals surface area contributed by atoms with Gasteiger partial charge >= 0.3 is 0 Å². The number of hydrogen-bond donors (Lipinski definition) is 1.